The molecule has 0 aliphatic carbocycles. The Kier molecular flexibility index (Phi) is 3.93. The first kappa shape index (κ1) is 13.0. The second kappa shape index (κ2) is 5.46. The molecular formula is C12H15ClN2O3. The summed E-state index contributed by atoms with van der Waals surface area (Å²) in [5, 5.41) is 15.2. The molecule has 0 aromatic heterocycles. The van der Waals surface area contributed by atoms with Gasteiger partial charge in [0.1, 0.15) is 5.75 Å². The number of nitrogens with one attached hydrogen (secondary N) is 2. The zero-order chi connectivity index (χ0) is 13.1. The fraction of sp³-hybridized carbons (Fsp3) is 0.417. The van der Waals surface area contributed by atoms with Crippen LogP contribution in [0.4, 0.5) is 11.4 Å². The Bertz CT molecular complexity index is 465. The summed E-state index contributed by atoms with van der Waals surface area (Å²) in [7, 11) is 0. The molecule has 1 unspecified atom stereocenters. The second-order valence-electron chi connectivity index (χ2n) is 4.20. The number of aliphatic hydroxyl groups excluding tert-OH is 1. The first-order chi connectivity index (χ1) is 8.60. The topological polar surface area (TPSA) is 70.6 Å². The molecule has 0 saturated heterocycles. The van der Waals surface area contributed by atoms with Gasteiger partial charge >= 0.3 is 0 Å². The van der Waals surface area contributed by atoms with Crippen LogP contribution in [-0.4, -0.2) is 36.1 Å². The maximum atomic E-state index is 11.2. The van der Waals surface area contributed by atoms with Crippen LogP contribution >= 0.6 is 11.6 Å². The molecule has 1 amide bonds. The predicted octanol–water partition coefficient (Wildman–Crippen LogP) is 1.34. The van der Waals surface area contributed by atoms with Gasteiger partial charge in [-0.1, -0.05) is 0 Å². The quantitative estimate of drug-likeness (QED) is 0.722. The van der Waals surface area contributed by atoms with Crippen molar-refractivity contribution in [3.05, 3.63) is 17.7 Å². The molecule has 0 spiro atoms. The molecule has 6 heteroatoms. The van der Waals surface area contributed by atoms with Crippen LogP contribution in [0.15, 0.2) is 12.1 Å². The van der Waals surface area contributed by atoms with Crippen LogP contribution in [0.5, 0.6) is 5.75 Å². The smallest absolute Gasteiger partial charge is 0.262 e. The van der Waals surface area contributed by atoms with Crippen molar-refractivity contribution >= 4 is 28.9 Å². The summed E-state index contributed by atoms with van der Waals surface area (Å²) in [5.41, 5.74) is 2.38. The van der Waals surface area contributed by atoms with Gasteiger partial charge in [0.2, 0.25) is 0 Å². The molecular weight excluding hydrogens is 256 g/mol. The van der Waals surface area contributed by atoms with Crippen molar-refractivity contribution in [2.45, 2.75) is 13.0 Å². The van der Waals surface area contributed by atoms with Gasteiger partial charge in [-0.05, 0) is 24.6 Å². The fourth-order valence-corrected chi connectivity index (χ4v) is 1.88. The number of carbonyl (C=O) groups excluding carboxylic acids is 1. The van der Waals surface area contributed by atoms with Gasteiger partial charge in [0.15, 0.2) is 6.61 Å². The number of hydrogen-bond acceptors (Lipinski definition) is 4. The zero-order valence-electron chi connectivity index (χ0n) is 10.00. The third kappa shape index (κ3) is 2.86. The SMILES string of the molecule is Cc1cc(NCC(O)CCl)cc2c1OCC(=O)N2. The molecule has 2 rings (SSSR count). The van der Waals surface area contributed by atoms with Crippen molar-refractivity contribution in [2.24, 2.45) is 0 Å². The number of ether oxygens (including phenoxy) is 1. The van der Waals surface area contributed by atoms with Crippen LogP contribution in [0.25, 0.3) is 0 Å². The summed E-state index contributed by atoms with van der Waals surface area (Å²) in [6.45, 7) is 2.31. The zero-order valence-corrected chi connectivity index (χ0v) is 10.8. The summed E-state index contributed by atoms with van der Waals surface area (Å²) in [5.74, 6) is 0.703. The first-order valence-corrected chi connectivity index (χ1v) is 6.19. The van der Waals surface area contributed by atoms with Crippen LogP contribution in [0.3, 0.4) is 0 Å². The lowest BCUT2D eigenvalue weighted by Gasteiger charge is -2.21. The van der Waals surface area contributed by atoms with Gasteiger partial charge in [0.25, 0.3) is 5.91 Å². The molecule has 0 saturated carbocycles. The number of benzene rings is 1. The van der Waals surface area contributed by atoms with Crippen LogP contribution < -0.4 is 15.4 Å². The minimum absolute atomic E-state index is 0.0472. The minimum atomic E-state index is -0.603. The molecule has 1 atom stereocenters. The lowest BCUT2D eigenvalue weighted by atomic mass is 10.1. The third-order valence-corrected chi connectivity index (χ3v) is 2.97. The van der Waals surface area contributed by atoms with E-state index in [0.29, 0.717) is 18.0 Å². The Morgan fingerprint density at radius 2 is 2.39 bits per heavy atom. The fourth-order valence-electron chi connectivity index (χ4n) is 1.77. The molecule has 18 heavy (non-hydrogen) atoms. The van der Waals surface area contributed by atoms with Crippen molar-refractivity contribution in [1.29, 1.82) is 0 Å². The molecule has 1 aliphatic rings. The summed E-state index contributed by atoms with van der Waals surface area (Å²) >= 11 is 5.52. The average Bonchev–Trinajstić information content (AvgIpc) is 2.35. The van der Waals surface area contributed by atoms with E-state index in [2.05, 4.69) is 10.6 Å². The van der Waals surface area contributed by atoms with Gasteiger partial charge < -0.3 is 20.5 Å². The Hall–Kier alpha value is -1.46. The number of fused-ring (bicyclic) bond motifs is 1. The van der Waals surface area contributed by atoms with Crippen LogP contribution in [-0.2, 0) is 4.79 Å². The monoisotopic (exact) mass is 270 g/mol. The van der Waals surface area contributed by atoms with E-state index in [-0.39, 0.29) is 18.4 Å². The van der Waals surface area contributed by atoms with Crippen molar-refractivity contribution in [3.8, 4) is 5.75 Å². The molecule has 1 aliphatic heterocycles. The standard InChI is InChI=1S/C12H15ClN2O3/c1-7-2-8(14-5-9(16)4-13)3-10-12(7)18-6-11(17)15-10/h2-3,9,14,16H,4-6H2,1H3,(H,15,17). The van der Waals surface area contributed by atoms with Crippen molar-refractivity contribution < 1.29 is 14.6 Å². The molecule has 1 aromatic rings. The van der Waals surface area contributed by atoms with Crippen LogP contribution in [0.1, 0.15) is 5.56 Å². The molecule has 0 bridgehead atoms. The molecule has 0 fully saturated rings. The molecule has 0 radical (unpaired) electrons. The predicted molar refractivity (Wildman–Crippen MR) is 70.5 cm³/mol. The van der Waals surface area contributed by atoms with E-state index in [0.717, 1.165) is 11.3 Å². The Labute approximate surface area is 110 Å². The largest absolute Gasteiger partial charge is 0.481 e. The highest BCUT2D eigenvalue weighted by molar-refractivity contribution is 6.18. The highest BCUT2D eigenvalue weighted by Gasteiger charge is 2.18. The number of aryl methyl sites for hydroxylation is 1. The Balaban J connectivity index is 2.16. The maximum absolute atomic E-state index is 11.2. The summed E-state index contributed by atoms with van der Waals surface area (Å²) in [6, 6.07) is 3.68. The lowest BCUT2D eigenvalue weighted by Crippen LogP contribution is -2.26. The van der Waals surface area contributed by atoms with E-state index in [1.807, 2.05) is 13.0 Å². The van der Waals surface area contributed by atoms with E-state index >= 15 is 0 Å². The number of alkyl halides is 1. The first-order valence-electron chi connectivity index (χ1n) is 5.65. The summed E-state index contributed by atoms with van der Waals surface area (Å²) in [4.78, 5) is 11.2. The number of hydrogen-bond donors (Lipinski definition) is 3. The van der Waals surface area contributed by atoms with Crippen molar-refractivity contribution in [1.82, 2.24) is 0 Å². The number of carbonyl (C=O) groups is 1. The van der Waals surface area contributed by atoms with E-state index in [4.69, 9.17) is 16.3 Å². The molecule has 1 heterocycles. The Morgan fingerprint density at radius 1 is 1.61 bits per heavy atom. The average molecular weight is 271 g/mol. The molecule has 1 aromatic carbocycles. The van der Waals surface area contributed by atoms with Crippen LogP contribution in [0, 0.1) is 6.92 Å². The van der Waals surface area contributed by atoms with Crippen molar-refractivity contribution in [2.75, 3.05) is 29.7 Å². The van der Waals surface area contributed by atoms with E-state index in [1.54, 1.807) is 6.07 Å². The van der Waals surface area contributed by atoms with E-state index < -0.39 is 6.10 Å². The molecule has 98 valence electrons. The third-order valence-electron chi connectivity index (χ3n) is 2.62. The summed E-state index contributed by atoms with van der Waals surface area (Å²) < 4.78 is 5.36. The van der Waals surface area contributed by atoms with Gasteiger partial charge in [-0.15, -0.1) is 11.6 Å². The number of halogens is 1. The number of amides is 1. The van der Waals surface area contributed by atoms with Gasteiger partial charge in [0.05, 0.1) is 17.7 Å². The number of rotatable bonds is 4. The van der Waals surface area contributed by atoms with Gasteiger partial charge in [-0.25, -0.2) is 0 Å². The molecule has 3 N–H and O–H groups in total. The van der Waals surface area contributed by atoms with Crippen molar-refractivity contribution in [3.63, 3.8) is 0 Å². The highest BCUT2D eigenvalue weighted by Crippen LogP contribution is 2.34. The summed E-state index contributed by atoms with van der Waals surface area (Å²) in [6.07, 6.45) is -0.603. The maximum Gasteiger partial charge on any atom is 0.262 e. The number of anilines is 2. The number of aliphatic hydroxyl groups is 1. The normalized spacial score (nSPS) is 15.4. The lowest BCUT2D eigenvalue weighted by molar-refractivity contribution is -0.118. The highest BCUT2D eigenvalue weighted by atomic mass is 35.5. The van der Waals surface area contributed by atoms with E-state index in [9.17, 15) is 9.90 Å². The Morgan fingerprint density at radius 3 is 3.11 bits per heavy atom. The van der Waals surface area contributed by atoms with Gasteiger partial charge in [-0.2, -0.15) is 0 Å². The van der Waals surface area contributed by atoms with Crippen LogP contribution in [0.2, 0.25) is 0 Å². The van der Waals surface area contributed by atoms with Gasteiger partial charge in [-0.3, -0.25) is 4.79 Å². The molecule has 5 nitrogen and oxygen atoms in total. The van der Waals surface area contributed by atoms with Gasteiger partial charge in [0, 0.05) is 12.2 Å². The second-order valence-corrected chi connectivity index (χ2v) is 4.50. The van der Waals surface area contributed by atoms with E-state index in [1.165, 1.54) is 0 Å². The minimum Gasteiger partial charge on any atom is -0.481 e.